The molecule has 2 atom stereocenters. The number of aliphatic hydroxyl groups is 1. The number of aliphatic hydroxyl groups excluding tert-OH is 1. The van der Waals surface area contributed by atoms with E-state index in [4.69, 9.17) is 0 Å². The summed E-state index contributed by atoms with van der Waals surface area (Å²) in [6, 6.07) is 13.7. The molecule has 1 aliphatic rings. The summed E-state index contributed by atoms with van der Waals surface area (Å²) in [6.45, 7) is 2.05. The van der Waals surface area contributed by atoms with Crippen LogP contribution in [-0.2, 0) is 4.79 Å². The minimum atomic E-state index is -1.02. The monoisotopic (exact) mass is 381 g/mol. The van der Waals surface area contributed by atoms with Gasteiger partial charge in [0, 0.05) is 12.1 Å². The van der Waals surface area contributed by atoms with Crippen LogP contribution in [0.2, 0.25) is 0 Å². The van der Waals surface area contributed by atoms with E-state index in [0.717, 1.165) is 12.0 Å². The number of hydrogen-bond donors (Lipinski definition) is 3. The molecule has 0 saturated heterocycles. The largest absolute Gasteiger partial charge is 0.391 e. The van der Waals surface area contributed by atoms with Crippen LogP contribution in [0.15, 0.2) is 48.5 Å². The lowest BCUT2D eigenvalue weighted by molar-refractivity contribution is -0.125. The van der Waals surface area contributed by atoms with Crippen molar-refractivity contribution in [3.05, 3.63) is 54.2 Å². The third kappa shape index (κ3) is 5.16. The minimum Gasteiger partial charge on any atom is -0.391 e. The molecule has 2 amide bonds. The predicted molar refractivity (Wildman–Crippen MR) is 108 cm³/mol. The van der Waals surface area contributed by atoms with Crippen LogP contribution in [0.25, 0.3) is 11.3 Å². The second kappa shape index (κ2) is 9.46. The van der Waals surface area contributed by atoms with Gasteiger partial charge in [0.25, 0.3) is 5.91 Å². The van der Waals surface area contributed by atoms with Crippen molar-refractivity contribution in [2.45, 2.75) is 44.8 Å². The summed E-state index contributed by atoms with van der Waals surface area (Å²) >= 11 is 0. The van der Waals surface area contributed by atoms with Crippen molar-refractivity contribution in [1.82, 2.24) is 15.6 Å². The lowest BCUT2D eigenvalue weighted by Gasteiger charge is -2.26. The summed E-state index contributed by atoms with van der Waals surface area (Å²) in [5.74, 6) is -0.176. The molecule has 0 unspecified atom stereocenters. The molecule has 1 heterocycles. The second-order valence-corrected chi connectivity index (χ2v) is 7.34. The quantitative estimate of drug-likeness (QED) is 0.655. The van der Waals surface area contributed by atoms with E-state index in [0.29, 0.717) is 18.2 Å². The van der Waals surface area contributed by atoms with Gasteiger partial charge in [-0.3, -0.25) is 9.59 Å². The first-order valence-electron chi connectivity index (χ1n) is 9.83. The molecule has 1 aliphatic carbocycles. The molecular weight excluding hydrogens is 354 g/mol. The summed E-state index contributed by atoms with van der Waals surface area (Å²) in [6.07, 6.45) is 3.63. The van der Waals surface area contributed by atoms with Gasteiger partial charge in [-0.05, 0) is 31.4 Å². The Labute approximate surface area is 165 Å². The van der Waals surface area contributed by atoms with Gasteiger partial charge in [-0.15, -0.1) is 0 Å². The number of amides is 2. The van der Waals surface area contributed by atoms with Crippen molar-refractivity contribution in [2.75, 3.05) is 6.54 Å². The van der Waals surface area contributed by atoms with E-state index in [1.54, 1.807) is 12.1 Å². The van der Waals surface area contributed by atoms with Crippen molar-refractivity contribution in [3.63, 3.8) is 0 Å². The Morgan fingerprint density at radius 1 is 1.14 bits per heavy atom. The van der Waals surface area contributed by atoms with Crippen molar-refractivity contribution in [2.24, 2.45) is 5.92 Å². The van der Waals surface area contributed by atoms with Crippen LogP contribution < -0.4 is 10.6 Å². The van der Waals surface area contributed by atoms with Gasteiger partial charge in [0.15, 0.2) is 0 Å². The molecule has 1 aromatic carbocycles. The maximum absolute atomic E-state index is 12.6. The zero-order chi connectivity index (χ0) is 19.9. The molecule has 0 bridgehead atoms. The Morgan fingerprint density at radius 2 is 1.89 bits per heavy atom. The maximum atomic E-state index is 12.6. The van der Waals surface area contributed by atoms with Gasteiger partial charge in [-0.2, -0.15) is 0 Å². The van der Waals surface area contributed by atoms with Crippen LogP contribution in [0.3, 0.4) is 0 Å². The molecule has 3 rings (SSSR count). The average Bonchev–Trinajstić information content (AvgIpc) is 2.68. The number of pyridine rings is 1. The van der Waals surface area contributed by atoms with Gasteiger partial charge in [-0.1, -0.05) is 55.7 Å². The van der Waals surface area contributed by atoms with Crippen LogP contribution >= 0.6 is 0 Å². The molecule has 28 heavy (non-hydrogen) atoms. The number of carbonyl (C=O) groups excluding carboxylic acids is 2. The van der Waals surface area contributed by atoms with Crippen LogP contribution in [0.4, 0.5) is 0 Å². The van der Waals surface area contributed by atoms with Gasteiger partial charge >= 0.3 is 0 Å². The summed E-state index contributed by atoms with van der Waals surface area (Å²) in [4.78, 5) is 29.4. The van der Waals surface area contributed by atoms with Crippen LogP contribution in [0.1, 0.15) is 43.1 Å². The Balaban J connectivity index is 1.62. The lowest BCUT2D eigenvalue weighted by atomic mass is 9.83. The minimum absolute atomic E-state index is 0.203. The van der Waals surface area contributed by atoms with Crippen molar-refractivity contribution >= 4 is 11.8 Å². The van der Waals surface area contributed by atoms with E-state index in [9.17, 15) is 14.7 Å². The summed E-state index contributed by atoms with van der Waals surface area (Å²) in [5, 5.41) is 15.4. The summed E-state index contributed by atoms with van der Waals surface area (Å²) in [7, 11) is 0. The van der Waals surface area contributed by atoms with Gasteiger partial charge in [-0.25, -0.2) is 4.98 Å². The average molecular weight is 381 g/mol. The molecule has 6 heteroatoms. The molecule has 6 nitrogen and oxygen atoms in total. The lowest BCUT2D eigenvalue weighted by Crippen LogP contribution is -2.52. The van der Waals surface area contributed by atoms with Crippen LogP contribution in [0, 0.1) is 5.92 Å². The molecule has 148 valence electrons. The first kappa shape index (κ1) is 20.0. The Morgan fingerprint density at radius 3 is 2.54 bits per heavy atom. The highest BCUT2D eigenvalue weighted by Gasteiger charge is 2.27. The van der Waals surface area contributed by atoms with E-state index in [2.05, 4.69) is 15.6 Å². The number of nitrogens with zero attached hydrogens (tertiary/aromatic N) is 1. The number of aromatic nitrogens is 1. The summed E-state index contributed by atoms with van der Waals surface area (Å²) in [5.41, 5.74) is 1.78. The molecule has 0 spiro atoms. The van der Waals surface area contributed by atoms with Crippen molar-refractivity contribution in [1.29, 1.82) is 0 Å². The molecule has 1 saturated carbocycles. The van der Waals surface area contributed by atoms with Gasteiger partial charge < -0.3 is 15.7 Å². The molecule has 1 fully saturated rings. The van der Waals surface area contributed by atoms with E-state index in [-0.39, 0.29) is 11.6 Å². The number of nitrogens with one attached hydrogen (secondary N) is 2. The van der Waals surface area contributed by atoms with Crippen molar-refractivity contribution < 1.29 is 14.7 Å². The highest BCUT2D eigenvalue weighted by molar-refractivity contribution is 5.96. The van der Waals surface area contributed by atoms with Gasteiger partial charge in [0.1, 0.15) is 11.7 Å². The van der Waals surface area contributed by atoms with E-state index in [1.165, 1.54) is 26.2 Å². The van der Waals surface area contributed by atoms with E-state index >= 15 is 0 Å². The van der Waals surface area contributed by atoms with E-state index in [1.807, 2.05) is 36.4 Å². The molecular formula is C22H27N3O3. The first-order valence-corrected chi connectivity index (χ1v) is 9.83. The zero-order valence-electron chi connectivity index (χ0n) is 16.1. The van der Waals surface area contributed by atoms with Crippen LogP contribution in [0.5, 0.6) is 0 Å². The highest BCUT2D eigenvalue weighted by atomic mass is 16.3. The van der Waals surface area contributed by atoms with Crippen molar-refractivity contribution in [3.8, 4) is 11.3 Å². The molecule has 0 radical (unpaired) electrons. The Bertz CT molecular complexity index is 804. The zero-order valence-corrected chi connectivity index (χ0v) is 16.1. The Hall–Kier alpha value is -2.73. The molecule has 2 aromatic rings. The predicted octanol–water partition coefficient (Wildman–Crippen LogP) is 2.53. The number of carbonyl (C=O) groups is 2. The Kier molecular flexibility index (Phi) is 6.76. The standard InChI is InChI=1S/C22H27N3O3/c1-15(26)20(22(28)23-14-13-16-7-5-8-16)25-21(27)19-12-6-11-18(24-19)17-9-3-2-4-10-17/h2-4,6,9-12,15-16,20,26H,5,7-8,13-14H2,1H3,(H,23,28)(H,25,27)/t15-,20-/m0/s1. The highest BCUT2D eigenvalue weighted by Crippen LogP contribution is 2.28. The molecule has 3 N–H and O–H groups in total. The molecule has 0 aliphatic heterocycles. The van der Waals surface area contributed by atoms with E-state index < -0.39 is 18.1 Å². The normalized spacial score (nSPS) is 15.9. The third-order valence-corrected chi connectivity index (χ3v) is 5.18. The second-order valence-electron chi connectivity index (χ2n) is 7.34. The maximum Gasteiger partial charge on any atom is 0.270 e. The number of benzene rings is 1. The van der Waals surface area contributed by atoms with Gasteiger partial charge in [0.2, 0.25) is 5.91 Å². The number of hydrogen-bond acceptors (Lipinski definition) is 4. The SMILES string of the molecule is C[C@H](O)[C@H](NC(=O)c1cccc(-c2ccccc2)n1)C(=O)NCCC1CCC1. The summed E-state index contributed by atoms with van der Waals surface area (Å²) < 4.78 is 0. The fourth-order valence-electron chi connectivity index (χ4n) is 3.24. The topological polar surface area (TPSA) is 91.3 Å². The third-order valence-electron chi connectivity index (χ3n) is 5.18. The first-order chi connectivity index (χ1) is 13.5. The smallest absolute Gasteiger partial charge is 0.270 e. The van der Waals surface area contributed by atoms with Gasteiger partial charge in [0.05, 0.1) is 11.8 Å². The fourth-order valence-corrected chi connectivity index (χ4v) is 3.24. The fraction of sp³-hybridized carbons (Fsp3) is 0.409. The van der Waals surface area contributed by atoms with Crippen LogP contribution in [-0.4, -0.2) is 40.6 Å². The number of rotatable bonds is 8. The molecule has 1 aromatic heterocycles.